The zero-order chi connectivity index (χ0) is 22.5. The Kier molecular flexibility index (Phi) is 6.26. The van der Waals surface area contributed by atoms with Gasteiger partial charge < -0.3 is 15.0 Å². The average Bonchev–Trinajstić information content (AvgIpc) is 3.63. The van der Waals surface area contributed by atoms with Crippen LogP contribution in [0.1, 0.15) is 24.8 Å². The van der Waals surface area contributed by atoms with E-state index in [9.17, 15) is 9.59 Å². The van der Waals surface area contributed by atoms with Crippen molar-refractivity contribution in [3.8, 4) is 17.2 Å². The van der Waals surface area contributed by atoms with Gasteiger partial charge in [-0.15, -0.1) is 0 Å². The Balaban J connectivity index is 1.61. The second-order valence-corrected chi connectivity index (χ2v) is 7.73. The lowest BCUT2D eigenvalue weighted by Crippen LogP contribution is -2.35. The lowest BCUT2D eigenvalue weighted by Gasteiger charge is -2.21. The van der Waals surface area contributed by atoms with E-state index in [1.807, 2.05) is 42.5 Å². The molecule has 1 aromatic heterocycles. The first-order chi connectivity index (χ1) is 15.6. The maximum Gasteiger partial charge on any atom is 0.325 e. The van der Waals surface area contributed by atoms with Gasteiger partial charge in [0.25, 0.3) is 0 Å². The Labute approximate surface area is 185 Å². The van der Waals surface area contributed by atoms with Crippen LogP contribution in [-0.2, 0) is 20.9 Å². The van der Waals surface area contributed by atoms with Crippen LogP contribution in [0, 0.1) is 11.3 Å². The third-order valence-electron chi connectivity index (χ3n) is 5.32. The lowest BCUT2D eigenvalue weighted by atomic mass is 10.0. The summed E-state index contributed by atoms with van der Waals surface area (Å²) < 4.78 is 4.69. The number of fused-ring (bicyclic) bond motifs is 1. The van der Waals surface area contributed by atoms with Gasteiger partial charge >= 0.3 is 5.97 Å². The first-order valence-electron chi connectivity index (χ1n) is 10.4. The van der Waals surface area contributed by atoms with Gasteiger partial charge in [0.15, 0.2) is 0 Å². The second-order valence-electron chi connectivity index (χ2n) is 7.73. The summed E-state index contributed by atoms with van der Waals surface area (Å²) in [6.07, 6.45) is 3.58. The number of carbonyl (C=O) groups excluding carboxylic acids is 2. The highest BCUT2D eigenvalue weighted by molar-refractivity contribution is 5.92. The van der Waals surface area contributed by atoms with Gasteiger partial charge in [0.1, 0.15) is 25.1 Å². The molecule has 0 saturated heterocycles. The third-order valence-corrected chi connectivity index (χ3v) is 5.32. The van der Waals surface area contributed by atoms with Crippen molar-refractivity contribution in [1.29, 1.82) is 5.26 Å². The number of nitriles is 1. The predicted molar refractivity (Wildman–Crippen MR) is 119 cm³/mol. The van der Waals surface area contributed by atoms with Gasteiger partial charge in [0, 0.05) is 18.0 Å². The van der Waals surface area contributed by atoms with Gasteiger partial charge in [-0.3, -0.25) is 9.59 Å². The summed E-state index contributed by atoms with van der Waals surface area (Å²) in [5.74, 6) is -0.110. The SMILES string of the molecule is COC(=O)CN(Cc1cccc(-c2ccc3ncnc(NC4CC4)c3c2)c1)C(=O)CC#N. The van der Waals surface area contributed by atoms with E-state index >= 15 is 0 Å². The van der Waals surface area contributed by atoms with Crippen LogP contribution >= 0.6 is 0 Å². The monoisotopic (exact) mass is 429 g/mol. The fourth-order valence-corrected chi connectivity index (χ4v) is 3.47. The van der Waals surface area contributed by atoms with Crippen LogP contribution in [0.25, 0.3) is 22.0 Å². The lowest BCUT2D eigenvalue weighted by molar-refractivity contribution is -0.147. The number of anilines is 1. The van der Waals surface area contributed by atoms with Gasteiger partial charge in [-0.1, -0.05) is 24.3 Å². The van der Waals surface area contributed by atoms with E-state index in [2.05, 4.69) is 21.4 Å². The van der Waals surface area contributed by atoms with E-state index in [0.717, 1.165) is 46.3 Å². The minimum absolute atomic E-state index is 0.203. The Morgan fingerprint density at radius 1 is 1.19 bits per heavy atom. The van der Waals surface area contributed by atoms with Crippen LogP contribution in [0.15, 0.2) is 48.8 Å². The molecule has 1 aliphatic carbocycles. The summed E-state index contributed by atoms with van der Waals surface area (Å²) in [4.78, 5) is 34.2. The molecular weight excluding hydrogens is 406 g/mol. The van der Waals surface area contributed by atoms with Crippen molar-refractivity contribution in [2.24, 2.45) is 0 Å². The van der Waals surface area contributed by atoms with E-state index in [0.29, 0.717) is 6.04 Å². The number of aromatic nitrogens is 2. The largest absolute Gasteiger partial charge is 0.468 e. The van der Waals surface area contributed by atoms with Gasteiger partial charge in [-0.05, 0) is 47.7 Å². The first-order valence-corrected chi connectivity index (χ1v) is 10.4. The van der Waals surface area contributed by atoms with Crippen LogP contribution in [0.4, 0.5) is 5.82 Å². The van der Waals surface area contributed by atoms with Crippen LogP contribution < -0.4 is 5.32 Å². The average molecular weight is 429 g/mol. The summed E-state index contributed by atoms with van der Waals surface area (Å²) in [6, 6.07) is 16.1. The molecule has 0 spiro atoms. The summed E-state index contributed by atoms with van der Waals surface area (Å²) in [5, 5.41) is 13.3. The third kappa shape index (κ3) is 5.01. The number of ether oxygens (including phenoxy) is 1. The topological polar surface area (TPSA) is 108 Å². The molecule has 8 nitrogen and oxygen atoms in total. The fraction of sp³-hybridized carbons (Fsp3) is 0.292. The van der Waals surface area contributed by atoms with E-state index in [4.69, 9.17) is 10.00 Å². The van der Waals surface area contributed by atoms with E-state index in [-0.39, 0.29) is 19.5 Å². The number of amides is 1. The fourth-order valence-electron chi connectivity index (χ4n) is 3.47. The molecule has 1 fully saturated rings. The molecule has 1 N–H and O–H groups in total. The number of methoxy groups -OCH3 is 1. The Bertz CT molecular complexity index is 1200. The number of hydrogen-bond acceptors (Lipinski definition) is 7. The summed E-state index contributed by atoms with van der Waals surface area (Å²) in [7, 11) is 1.27. The highest BCUT2D eigenvalue weighted by atomic mass is 16.5. The molecule has 32 heavy (non-hydrogen) atoms. The zero-order valence-electron chi connectivity index (χ0n) is 17.7. The first kappa shape index (κ1) is 21.2. The molecule has 1 heterocycles. The van der Waals surface area contributed by atoms with Crippen molar-refractivity contribution < 1.29 is 14.3 Å². The molecule has 1 saturated carbocycles. The van der Waals surface area contributed by atoms with E-state index in [1.54, 1.807) is 6.33 Å². The van der Waals surface area contributed by atoms with Crippen LogP contribution in [0.5, 0.6) is 0 Å². The molecule has 0 radical (unpaired) electrons. The van der Waals surface area contributed by atoms with Gasteiger partial charge in [0.05, 0.1) is 18.7 Å². The van der Waals surface area contributed by atoms with Crippen molar-refractivity contribution in [2.75, 3.05) is 19.0 Å². The smallest absolute Gasteiger partial charge is 0.325 e. The quantitative estimate of drug-likeness (QED) is 0.547. The predicted octanol–water partition coefficient (Wildman–Crippen LogP) is 3.29. The maximum absolute atomic E-state index is 12.3. The van der Waals surface area contributed by atoms with Crippen molar-refractivity contribution in [2.45, 2.75) is 31.8 Å². The van der Waals surface area contributed by atoms with Crippen molar-refractivity contribution in [3.05, 3.63) is 54.4 Å². The minimum atomic E-state index is -0.530. The molecule has 0 unspecified atom stereocenters. The molecule has 8 heteroatoms. The highest BCUT2D eigenvalue weighted by Gasteiger charge is 2.22. The molecule has 1 aliphatic rings. The molecule has 1 amide bonds. The van der Waals surface area contributed by atoms with Crippen LogP contribution in [-0.4, -0.2) is 46.4 Å². The Morgan fingerprint density at radius 2 is 2.00 bits per heavy atom. The van der Waals surface area contributed by atoms with Gasteiger partial charge in [-0.25, -0.2) is 9.97 Å². The number of nitrogens with zero attached hydrogens (tertiary/aromatic N) is 4. The highest BCUT2D eigenvalue weighted by Crippen LogP contribution is 2.31. The van der Waals surface area contributed by atoms with Crippen molar-refractivity contribution in [1.82, 2.24) is 14.9 Å². The van der Waals surface area contributed by atoms with E-state index < -0.39 is 11.9 Å². The van der Waals surface area contributed by atoms with Crippen molar-refractivity contribution >= 4 is 28.6 Å². The number of carbonyl (C=O) groups is 2. The van der Waals surface area contributed by atoms with Crippen LogP contribution in [0.3, 0.4) is 0 Å². The maximum atomic E-state index is 12.3. The molecule has 2 aromatic carbocycles. The summed E-state index contributed by atoms with van der Waals surface area (Å²) in [6.45, 7) is -0.000613. The second kappa shape index (κ2) is 9.43. The molecule has 0 bridgehead atoms. The zero-order valence-corrected chi connectivity index (χ0v) is 17.7. The normalized spacial score (nSPS) is 12.8. The van der Waals surface area contributed by atoms with Crippen LogP contribution in [0.2, 0.25) is 0 Å². The Hall–Kier alpha value is -3.99. The molecule has 0 aliphatic heterocycles. The number of esters is 1. The molecule has 162 valence electrons. The number of rotatable bonds is 8. The van der Waals surface area contributed by atoms with E-state index in [1.165, 1.54) is 12.0 Å². The minimum Gasteiger partial charge on any atom is -0.468 e. The number of benzene rings is 2. The molecule has 0 atom stereocenters. The molecule has 3 aromatic rings. The summed E-state index contributed by atoms with van der Waals surface area (Å²) in [5.41, 5.74) is 3.68. The standard InChI is InChI=1S/C24H23N5O3/c1-32-23(31)14-29(22(30)9-10-25)13-16-3-2-4-17(11-16)18-5-8-21-20(12-18)24(27-15-26-21)28-19-6-7-19/h2-5,8,11-12,15,19H,6-7,9,13-14H2,1H3,(H,26,27,28). The summed E-state index contributed by atoms with van der Waals surface area (Å²) >= 11 is 0. The Morgan fingerprint density at radius 3 is 2.75 bits per heavy atom. The van der Waals surface area contributed by atoms with Crippen molar-refractivity contribution in [3.63, 3.8) is 0 Å². The number of nitrogens with one attached hydrogen (secondary N) is 1. The molecule has 4 rings (SSSR count). The van der Waals surface area contributed by atoms with Gasteiger partial charge in [-0.2, -0.15) is 5.26 Å². The van der Waals surface area contributed by atoms with Gasteiger partial charge in [0.2, 0.25) is 5.91 Å². The molecular formula is C24H23N5O3. The number of hydrogen-bond donors (Lipinski definition) is 1.